The number of carbonyl (C=O) groups is 1. The van der Waals surface area contributed by atoms with E-state index in [1.807, 2.05) is 27.8 Å². The fourth-order valence-electron chi connectivity index (χ4n) is 2.36. The van der Waals surface area contributed by atoms with Crippen molar-refractivity contribution in [1.29, 1.82) is 0 Å². The standard InChI is InChI=1S/C14H18N4O2/c1-8(12-9(2)17-18(4)10(12)3)16-14(20)11-6-5-7-15-13(11)19/h5-8H,1-4H3,(H,15,19)(H,16,20)/t8-/m0/s1. The highest BCUT2D eigenvalue weighted by atomic mass is 16.2. The molecule has 2 heterocycles. The molecule has 6 heteroatoms. The molecule has 2 rings (SSSR count). The van der Waals surface area contributed by atoms with Gasteiger partial charge in [-0.05, 0) is 32.9 Å². The van der Waals surface area contributed by atoms with Crippen LogP contribution in [0.2, 0.25) is 0 Å². The minimum absolute atomic E-state index is 0.110. The molecule has 6 nitrogen and oxygen atoms in total. The lowest BCUT2D eigenvalue weighted by molar-refractivity contribution is 0.0938. The van der Waals surface area contributed by atoms with Crippen molar-refractivity contribution in [3.63, 3.8) is 0 Å². The van der Waals surface area contributed by atoms with E-state index in [0.717, 1.165) is 17.0 Å². The highest BCUT2D eigenvalue weighted by Crippen LogP contribution is 2.20. The Balaban J connectivity index is 2.24. The Morgan fingerprint density at radius 2 is 2.15 bits per heavy atom. The van der Waals surface area contributed by atoms with E-state index >= 15 is 0 Å². The highest BCUT2D eigenvalue weighted by Gasteiger charge is 2.19. The molecule has 0 fully saturated rings. The second-order valence-corrected chi connectivity index (χ2v) is 4.82. The Morgan fingerprint density at radius 1 is 1.45 bits per heavy atom. The summed E-state index contributed by atoms with van der Waals surface area (Å²) >= 11 is 0. The van der Waals surface area contributed by atoms with Crippen LogP contribution in [-0.2, 0) is 7.05 Å². The lowest BCUT2D eigenvalue weighted by Gasteiger charge is -2.14. The molecule has 2 aromatic heterocycles. The summed E-state index contributed by atoms with van der Waals surface area (Å²) in [5.41, 5.74) is 2.57. The zero-order valence-electron chi connectivity index (χ0n) is 12.0. The van der Waals surface area contributed by atoms with Crippen molar-refractivity contribution in [2.75, 3.05) is 0 Å². The smallest absolute Gasteiger partial charge is 0.260 e. The van der Waals surface area contributed by atoms with Crippen LogP contribution in [-0.4, -0.2) is 20.7 Å². The van der Waals surface area contributed by atoms with Crippen LogP contribution in [0.1, 0.15) is 40.3 Å². The number of hydrogen-bond donors (Lipinski definition) is 2. The summed E-state index contributed by atoms with van der Waals surface area (Å²) in [5, 5.41) is 7.16. The van der Waals surface area contributed by atoms with Crippen molar-refractivity contribution < 1.29 is 4.79 Å². The normalized spacial score (nSPS) is 12.2. The van der Waals surface area contributed by atoms with Gasteiger partial charge < -0.3 is 10.3 Å². The first-order valence-corrected chi connectivity index (χ1v) is 6.40. The van der Waals surface area contributed by atoms with Crippen molar-refractivity contribution in [2.45, 2.75) is 26.8 Å². The average Bonchev–Trinajstić information content (AvgIpc) is 2.63. The summed E-state index contributed by atoms with van der Waals surface area (Å²) < 4.78 is 1.78. The third-order valence-electron chi connectivity index (χ3n) is 3.41. The van der Waals surface area contributed by atoms with E-state index < -0.39 is 5.56 Å². The summed E-state index contributed by atoms with van der Waals surface area (Å²) in [7, 11) is 1.86. The molecular weight excluding hydrogens is 256 g/mol. The Bertz CT molecular complexity index is 699. The molecule has 1 amide bonds. The van der Waals surface area contributed by atoms with E-state index in [0.29, 0.717) is 0 Å². The van der Waals surface area contributed by atoms with Crippen molar-refractivity contribution in [2.24, 2.45) is 7.05 Å². The summed E-state index contributed by atoms with van der Waals surface area (Å²) in [5.74, 6) is -0.387. The third-order valence-corrected chi connectivity index (χ3v) is 3.41. The number of hydrogen-bond acceptors (Lipinski definition) is 3. The molecule has 0 radical (unpaired) electrons. The number of rotatable bonds is 3. The van der Waals surface area contributed by atoms with Crippen molar-refractivity contribution in [3.8, 4) is 0 Å². The number of amides is 1. The van der Waals surface area contributed by atoms with Crippen LogP contribution >= 0.6 is 0 Å². The molecule has 0 aliphatic rings. The third kappa shape index (κ3) is 2.49. The first-order valence-electron chi connectivity index (χ1n) is 6.40. The van der Waals surface area contributed by atoms with Crippen LogP contribution in [0.25, 0.3) is 0 Å². The summed E-state index contributed by atoms with van der Waals surface area (Å²) in [4.78, 5) is 26.2. The monoisotopic (exact) mass is 274 g/mol. The topological polar surface area (TPSA) is 79.8 Å². The van der Waals surface area contributed by atoms with Crippen molar-refractivity contribution in [3.05, 3.63) is 51.2 Å². The van der Waals surface area contributed by atoms with E-state index in [4.69, 9.17) is 0 Å². The molecule has 1 atom stereocenters. The predicted octanol–water partition coefficient (Wildman–Crippen LogP) is 1.22. The van der Waals surface area contributed by atoms with Gasteiger partial charge in [0.1, 0.15) is 5.56 Å². The molecule has 0 aliphatic heterocycles. The highest BCUT2D eigenvalue weighted by molar-refractivity contribution is 5.94. The predicted molar refractivity (Wildman–Crippen MR) is 75.6 cm³/mol. The largest absolute Gasteiger partial charge is 0.345 e. The maximum atomic E-state index is 12.1. The molecular formula is C14H18N4O2. The average molecular weight is 274 g/mol. The van der Waals surface area contributed by atoms with Gasteiger partial charge >= 0.3 is 0 Å². The molecule has 20 heavy (non-hydrogen) atoms. The van der Waals surface area contributed by atoms with Gasteiger partial charge in [0.2, 0.25) is 0 Å². The first-order chi connectivity index (χ1) is 9.41. The Hall–Kier alpha value is -2.37. The lowest BCUT2D eigenvalue weighted by atomic mass is 10.1. The lowest BCUT2D eigenvalue weighted by Crippen LogP contribution is -2.31. The van der Waals surface area contributed by atoms with Crippen molar-refractivity contribution in [1.82, 2.24) is 20.1 Å². The number of pyridine rings is 1. The SMILES string of the molecule is Cc1nn(C)c(C)c1[C@H](C)NC(=O)c1ccc[nH]c1=O. The fraction of sp³-hybridized carbons (Fsp3) is 0.357. The molecule has 0 aliphatic carbocycles. The van der Waals surface area contributed by atoms with Gasteiger partial charge in [-0.1, -0.05) is 0 Å². The van der Waals surface area contributed by atoms with E-state index in [1.165, 1.54) is 12.3 Å². The van der Waals surface area contributed by atoms with Crippen LogP contribution in [0.3, 0.4) is 0 Å². The number of nitrogens with one attached hydrogen (secondary N) is 2. The molecule has 106 valence electrons. The molecule has 0 spiro atoms. The Morgan fingerprint density at radius 3 is 2.70 bits per heavy atom. The van der Waals surface area contributed by atoms with Crippen LogP contribution in [0.4, 0.5) is 0 Å². The Labute approximate surface area is 116 Å². The van der Waals surface area contributed by atoms with E-state index in [-0.39, 0.29) is 17.5 Å². The summed E-state index contributed by atoms with van der Waals surface area (Å²) in [6.45, 7) is 5.74. The maximum absolute atomic E-state index is 12.1. The van der Waals surface area contributed by atoms with E-state index in [1.54, 1.807) is 10.7 Å². The second-order valence-electron chi connectivity index (χ2n) is 4.82. The minimum atomic E-state index is -0.392. The van der Waals surface area contributed by atoms with Crippen molar-refractivity contribution >= 4 is 5.91 Å². The van der Waals surface area contributed by atoms with Crippen LogP contribution in [0.15, 0.2) is 23.1 Å². The molecule has 2 N–H and O–H groups in total. The van der Waals surface area contributed by atoms with Gasteiger partial charge in [-0.25, -0.2) is 0 Å². The molecule has 0 aromatic carbocycles. The van der Waals surface area contributed by atoms with Gasteiger partial charge in [-0.15, -0.1) is 0 Å². The quantitative estimate of drug-likeness (QED) is 0.883. The Kier molecular flexibility index (Phi) is 3.74. The van der Waals surface area contributed by atoms with Gasteiger partial charge in [-0.2, -0.15) is 5.10 Å². The number of carbonyl (C=O) groups excluding carboxylic acids is 1. The van der Waals surface area contributed by atoms with Crippen LogP contribution < -0.4 is 10.9 Å². The van der Waals surface area contributed by atoms with Crippen LogP contribution in [0, 0.1) is 13.8 Å². The molecule has 0 unspecified atom stereocenters. The molecule has 0 bridgehead atoms. The van der Waals surface area contributed by atoms with Gasteiger partial charge in [0.25, 0.3) is 11.5 Å². The van der Waals surface area contributed by atoms with Gasteiger partial charge in [0.05, 0.1) is 11.7 Å². The number of nitrogens with zero attached hydrogens (tertiary/aromatic N) is 2. The maximum Gasteiger partial charge on any atom is 0.260 e. The number of aromatic amines is 1. The molecule has 0 saturated heterocycles. The summed E-state index contributed by atoms with van der Waals surface area (Å²) in [6, 6.07) is 2.92. The number of H-pyrrole nitrogens is 1. The molecule has 0 saturated carbocycles. The van der Waals surface area contributed by atoms with E-state index in [9.17, 15) is 9.59 Å². The second kappa shape index (κ2) is 5.32. The minimum Gasteiger partial charge on any atom is -0.345 e. The summed E-state index contributed by atoms with van der Waals surface area (Å²) in [6.07, 6.45) is 1.50. The fourth-order valence-corrected chi connectivity index (χ4v) is 2.36. The number of aromatic nitrogens is 3. The van der Waals surface area contributed by atoms with E-state index in [2.05, 4.69) is 15.4 Å². The van der Waals surface area contributed by atoms with Gasteiger partial charge in [0.15, 0.2) is 0 Å². The first kappa shape index (κ1) is 14.0. The van der Waals surface area contributed by atoms with Gasteiger partial charge in [0, 0.05) is 24.5 Å². The zero-order valence-corrected chi connectivity index (χ0v) is 12.0. The molecule has 2 aromatic rings. The zero-order chi connectivity index (χ0) is 14.9. The van der Waals surface area contributed by atoms with Crippen LogP contribution in [0.5, 0.6) is 0 Å². The number of aryl methyl sites for hydroxylation is 2. The van der Waals surface area contributed by atoms with Gasteiger partial charge in [-0.3, -0.25) is 14.3 Å².